The predicted molar refractivity (Wildman–Crippen MR) is 201 cm³/mol. The van der Waals surface area contributed by atoms with Gasteiger partial charge in [-0.25, -0.2) is 9.13 Å². The van der Waals surface area contributed by atoms with Gasteiger partial charge in [0.05, 0.1) is 24.4 Å². The number of phosphoric acid groups is 2. The molecular weight excluding hydrogens is 654 g/mol. The zero-order valence-corrected chi connectivity index (χ0v) is 35.3. The molecule has 4 aliphatic carbocycles. The second-order valence-corrected chi connectivity index (χ2v) is 22.1. The molecule has 9 heteroatoms. The number of hydrogen-bond donors (Lipinski definition) is 0. The standard InChI is InChI=1S/C40H76O7P2/c1-25(2)33-17-13-29(9)21-37(33)43-48(41,44-38-22-30(10)14-18-34(38)26(3)4)47-49(42,45-39-23-31(11)15-19-35(39)27(5)6)46-40-24-32(12)16-20-36(40)28(7)8/h25-40H,13-24H2,1-12H3. The van der Waals surface area contributed by atoms with Gasteiger partial charge in [0.25, 0.3) is 0 Å². The van der Waals surface area contributed by atoms with E-state index in [2.05, 4.69) is 83.1 Å². The van der Waals surface area contributed by atoms with Gasteiger partial charge in [-0.1, -0.05) is 109 Å². The summed E-state index contributed by atoms with van der Waals surface area (Å²) in [6, 6.07) is 0. The third kappa shape index (κ3) is 11.6. The van der Waals surface area contributed by atoms with Crippen LogP contribution in [0.15, 0.2) is 0 Å². The molecule has 4 aliphatic rings. The molecule has 0 aromatic rings. The number of phosphoric ester groups is 2. The lowest BCUT2D eigenvalue weighted by Crippen LogP contribution is -2.38. The SMILES string of the molecule is CC1CCC(C(C)C)C(OP(=O)(OC2CC(C)CCC2C(C)C)OP(=O)(OC2CC(C)CCC2C(C)C)OC2CC(C)CCC2C(C)C)C1. The van der Waals surface area contributed by atoms with Crippen molar-refractivity contribution >= 4 is 15.6 Å². The molecule has 0 aromatic heterocycles. The van der Waals surface area contributed by atoms with Crippen LogP contribution >= 0.6 is 15.6 Å². The van der Waals surface area contributed by atoms with Gasteiger partial charge in [0.15, 0.2) is 0 Å². The monoisotopic (exact) mass is 731 g/mol. The summed E-state index contributed by atoms with van der Waals surface area (Å²) in [7, 11) is -8.90. The molecule has 4 fully saturated rings. The molecule has 4 rings (SSSR count). The van der Waals surface area contributed by atoms with Crippen molar-refractivity contribution < 1.29 is 31.5 Å². The van der Waals surface area contributed by atoms with Gasteiger partial charge in [0.2, 0.25) is 0 Å². The van der Waals surface area contributed by atoms with E-state index >= 15 is 9.13 Å². The van der Waals surface area contributed by atoms with Crippen molar-refractivity contribution in [2.24, 2.45) is 71.0 Å². The Balaban J connectivity index is 1.76. The van der Waals surface area contributed by atoms with Crippen molar-refractivity contribution in [1.29, 1.82) is 0 Å². The Morgan fingerprint density at radius 1 is 0.388 bits per heavy atom. The van der Waals surface area contributed by atoms with Gasteiger partial charge >= 0.3 is 15.6 Å². The molecule has 12 atom stereocenters. The third-order valence-electron chi connectivity index (χ3n) is 13.1. The van der Waals surface area contributed by atoms with E-state index in [0.717, 1.165) is 77.0 Å². The van der Waals surface area contributed by atoms with Crippen molar-refractivity contribution in [3.8, 4) is 0 Å². The van der Waals surface area contributed by atoms with Crippen LogP contribution in [-0.4, -0.2) is 24.4 Å². The molecule has 0 radical (unpaired) electrons. The molecule has 4 saturated carbocycles. The molecule has 0 N–H and O–H groups in total. The highest BCUT2D eigenvalue weighted by molar-refractivity contribution is 7.62. The molecular formula is C40H76O7P2. The van der Waals surface area contributed by atoms with Gasteiger partial charge in [0, 0.05) is 0 Å². The van der Waals surface area contributed by atoms with Crippen LogP contribution in [0.4, 0.5) is 0 Å². The maximum absolute atomic E-state index is 15.6. The lowest BCUT2D eigenvalue weighted by molar-refractivity contribution is -0.0421. The summed E-state index contributed by atoms with van der Waals surface area (Å²) in [5.74, 6) is 3.91. The summed E-state index contributed by atoms with van der Waals surface area (Å²) < 4.78 is 64.6. The van der Waals surface area contributed by atoms with Crippen LogP contribution in [0.25, 0.3) is 0 Å². The molecule has 0 heterocycles. The molecule has 0 spiro atoms. The minimum atomic E-state index is -4.45. The minimum Gasteiger partial charge on any atom is -0.283 e. The van der Waals surface area contributed by atoms with E-state index in [1.807, 2.05) is 0 Å². The maximum Gasteiger partial charge on any atom is 0.484 e. The summed E-state index contributed by atoms with van der Waals surface area (Å²) in [5, 5.41) is 0. The van der Waals surface area contributed by atoms with Crippen molar-refractivity contribution in [3.05, 3.63) is 0 Å². The smallest absolute Gasteiger partial charge is 0.283 e. The van der Waals surface area contributed by atoms with Gasteiger partial charge in [-0.15, -0.1) is 0 Å². The fraction of sp³-hybridized carbons (Fsp3) is 1.00. The Morgan fingerprint density at radius 2 is 0.592 bits per heavy atom. The molecule has 7 nitrogen and oxygen atoms in total. The Hall–Kier alpha value is 0.260. The maximum atomic E-state index is 15.6. The highest BCUT2D eigenvalue weighted by Crippen LogP contribution is 2.70. The van der Waals surface area contributed by atoms with Crippen LogP contribution in [0.5, 0.6) is 0 Å². The van der Waals surface area contributed by atoms with Crippen molar-refractivity contribution in [1.82, 2.24) is 0 Å². The van der Waals surface area contributed by atoms with E-state index < -0.39 is 15.6 Å². The molecule has 288 valence electrons. The van der Waals surface area contributed by atoms with E-state index in [9.17, 15) is 0 Å². The predicted octanol–water partition coefficient (Wildman–Crippen LogP) is 13.1. The third-order valence-corrected chi connectivity index (χ3v) is 16.8. The first-order valence-corrected chi connectivity index (χ1v) is 23.5. The van der Waals surface area contributed by atoms with Crippen LogP contribution in [0.3, 0.4) is 0 Å². The zero-order chi connectivity index (χ0) is 36.3. The van der Waals surface area contributed by atoms with E-state index in [1.54, 1.807) is 0 Å². The highest BCUT2D eigenvalue weighted by Gasteiger charge is 2.52. The summed E-state index contributed by atoms with van der Waals surface area (Å²) >= 11 is 0. The quantitative estimate of drug-likeness (QED) is 0.165. The second kappa shape index (κ2) is 18.1. The largest absolute Gasteiger partial charge is 0.484 e. The Morgan fingerprint density at radius 3 is 0.776 bits per heavy atom. The fourth-order valence-corrected chi connectivity index (χ4v) is 13.8. The first-order chi connectivity index (χ1) is 22.9. The average Bonchev–Trinajstić information content (AvgIpc) is 2.96. The Kier molecular flexibility index (Phi) is 15.5. The molecule has 12 unspecified atom stereocenters. The zero-order valence-electron chi connectivity index (χ0n) is 33.5. The van der Waals surface area contributed by atoms with E-state index in [4.69, 9.17) is 22.4 Å². The topological polar surface area (TPSA) is 80.3 Å². The molecule has 0 aliphatic heterocycles. The van der Waals surface area contributed by atoms with Crippen LogP contribution in [0.2, 0.25) is 0 Å². The molecule has 49 heavy (non-hydrogen) atoms. The van der Waals surface area contributed by atoms with E-state index in [-0.39, 0.29) is 48.1 Å². The van der Waals surface area contributed by atoms with Gasteiger partial charge in [-0.3, -0.25) is 18.1 Å². The Labute approximate surface area is 302 Å². The Bertz CT molecular complexity index is 950. The van der Waals surface area contributed by atoms with E-state index in [1.165, 1.54) is 0 Å². The van der Waals surface area contributed by atoms with Crippen molar-refractivity contribution in [3.63, 3.8) is 0 Å². The lowest BCUT2D eigenvalue weighted by Gasteiger charge is -2.43. The molecule has 0 saturated heterocycles. The average molecular weight is 731 g/mol. The van der Waals surface area contributed by atoms with Gasteiger partial charge in [-0.2, -0.15) is 4.31 Å². The van der Waals surface area contributed by atoms with Crippen LogP contribution in [0, 0.1) is 71.0 Å². The van der Waals surface area contributed by atoms with Crippen molar-refractivity contribution in [2.45, 2.75) is 185 Å². The van der Waals surface area contributed by atoms with Gasteiger partial charge in [-0.05, 0) is 122 Å². The van der Waals surface area contributed by atoms with Gasteiger partial charge < -0.3 is 0 Å². The normalized spacial score (nSPS) is 40.5. The van der Waals surface area contributed by atoms with Crippen LogP contribution < -0.4 is 0 Å². The fourth-order valence-electron chi connectivity index (χ4n) is 9.86. The molecule has 0 amide bonds. The number of hydrogen-bond acceptors (Lipinski definition) is 7. The summed E-state index contributed by atoms with van der Waals surface area (Å²) in [4.78, 5) is 0. The first-order valence-electron chi connectivity index (χ1n) is 20.5. The van der Waals surface area contributed by atoms with E-state index in [0.29, 0.717) is 47.3 Å². The molecule has 0 bridgehead atoms. The van der Waals surface area contributed by atoms with Crippen LogP contribution in [0.1, 0.15) is 160 Å². The second-order valence-electron chi connectivity index (χ2n) is 18.9. The summed E-state index contributed by atoms with van der Waals surface area (Å²) in [6.45, 7) is 26.7. The van der Waals surface area contributed by atoms with Crippen LogP contribution in [-0.2, 0) is 31.5 Å². The van der Waals surface area contributed by atoms with Crippen molar-refractivity contribution in [2.75, 3.05) is 0 Å². The molecule has 0 aromatic carbocycles. The number of rotatable bonds is 14. The summed E-state index contributed by atoms with van der Waals surface area (Å²) in [6.07, 6.45) is 10.2. The lowest BCUT2D eigenvalue weighted by atomic mass is 9.75. The highest BCUT2D eigenvalue weighted by atomic mass is 31.3. The first kappa shape index (κ1) is 42.0. The minimum absolute atomic E-state index is 0.207. The summed E-state index contributed by atoms with van der Waals surface area (Å²) in [5.41, 5.74) is 0. The van der Waals surface area contributed by atoms with Gasteiger partial charge in [0.1, 0.15) is 0 Å².